The lowest BCUT2D eigenvalue weighted by Gasteiger charge is -2.59. The van der Waals surface area contributed by atoms with Crippen LogP contribution in [0, 0.1) is 0 Å². The molecule has 0 saturated carbocycles. The molecule has 1 saturated heterocycles. The molecule has 2 heterocycles. The molecule has 3 heteroatoms. The Hall–Kier alpha value is -0.670. The molecule has 2 aliphatic heterocycles. The van der Waals surface area contributed by atoms with E-state index in [-0.39, 0.29) is 23.3 Å². The van der Waals surface area contributed by atoms with Crippen LogP contribution in [0.1, 0.15) is 79.6 Å². The van der Waals surface area contributed by atoms with E-state index in [0.717, 1.165) is 6.42 Å². The first-order valence-corrected chi connectivity index (χ1v) is 8.96. The minimum Gasteiger partial charge on any atom is -0.396 e. The fraction of sp³-hybridized carbons (Fsp3) is 0.842. The average molecular weight is 306 g/mol. The number of aliphatic hydroxyl groups is 1. The van der Waals surface area contributed by atoms with E-state index in [2.05, 4.69) is 45.6 Å². The van der Waals surface area contributed by atoms with Crippen molar-refractivity contribution in [3.05, 3.63) is 11.6 Å². The van der Waals surface area contributed by atoms with Gasteiger partial charge in [-0.05, 0) is 77.9 Å². The van der Waals surface area contributed by atoms with Gasteiger partial charge < -0.3 is 5.11 Å². The second kappa shape index (κ2) is 6.45. The lowest BCUT2D eigenvalue weighted by molar-refractivity contribution is -0.0910. The van der Waals surface area contributed by atoms with Gasteiger partial charge >= 0.3 is 0 Å². The van der Waals surface area contributed by atoms with Crippen LogP contribution < -0.4 is 0 Å². The lowest BCUT2D eigenvalue weighted by atomic mass is 9.76. The van der Waals surface area contributed by atoms with Gasteiger partial charge in [0.15, 0.2) is 0 Å². The van der Waals surface area contributed by atoms with E-state index in [9.17, 15) is 5.11 Å². The van der Waals surface area contributed by atoms with E-state index in [1.165, 1.54) is 37.7 Å². The van der Waals surface area contributed by atoms with Crippen molar-refractivity contribution in [2.45, 2.75) is 96.3 Å². The van der Waals surface area contributed by atoms with Gasteiger partial charge in [0, 0.05) is 23.9 Å². The number of hydrogen-bond donors (Lipinski definition) is 1. The van der Waals surface area contributed by atoms with E-state index < -0.39 is 0 Å². The number of aliphatic imine (C=N–C) groups is 1. The zero-order chi connectivity index (χ0) is 16.4. The van der Waals surface area contributed by atoms with Gasteiger partial charge in [-0.3, -0.25) is 9.89 Å². The number of aliphatic hydroxyl groups excluding tert-OH is 1. The summed E-state index contributed by atoms with van der Waals surface area (Å²) in [6.07, 6.45) is 12.2. The first-order chi connectivity index (χ1) is 10.3. The molecule has 1 N–H and O–H groups in total. The summed E-state index contributed by atoms with van der Waals surface area (Å²) in [5, 5.41) is 9.27. The molecular formula is C19H34N2O. The summed E-state index contributed by atoms with van der Waals surface area (Å²) in [4.78, 5) is 7.69. The molecule has 0 spiro atoms. The van der Waals surface area contributed by atoms with Crippen molar-refractivity contribution in [2.24, 2.45) is 4.99 Å². The molecule has 2 rings (SSSR count). The molecule has 1 atom stereocenters. The highest BCUT2D eigenvalue weighted by Gasteiger charge is 2.52. The summed E-state index contributed by atoms with van der Waals surface area (Å²) in [5.41, 5.74) is 1.28. The van der Waals surface area contributed by atoms with Crippen molar-refractivity contribution >= 4 is 6.21 Å². The van der Waals surface area contributed by atoms with Gasteiger partial charge in [0.25, 0.3) is 0 Å². The highest BCUT2D eigenvalue weighted by Crippen LogP contribution is 2.47. The maximum Gasteiger partial charge on any atom is 0.133 e. The first-order valence-electron chi connectivity index (χ1n) is 8.96. The van der Waals surface area contributed by atoms with Gasteiger partial charge in [0.1, 0.15) is 5.66 Å². The SMILES string of the molecule is CCCCC1(N2C(C)(C)CCCC2(C)C)C=C(CCO)C=N1. The van der Waals surface area contributed by atoms with E-state index in [1.54, 1.807) is 0 Å². The third kappa shape index (κ3) is 3.30. The van der Waals surface area contributed by atoms with Crippen LogP contribution in [-0.2, 0) is 0 Å². The van der Waals surface area contributed by atoms with Crippen LogP contribution in [-0.4, -0.2) is 39.6 Å². The predicted molar refractivity (Wildman–Crippen MR) is 94.4 cm³/mol. The van der Waals surface area contributed by atoms with Crippen molar-refractivity contribution in [1.29, 1.82) is 0 Å². The number of likely N-dealkylation sites (tertiary alicyclic amines) is 1. The van der Waals surface area contributed by atoms with Crippen molar-refractivity contribution < 1.29 is 5.11 Å². The predicted octanol–water partition coefficient (Wildman–Crippen LogP) is 4.31. The fourth-order valence-electron chi connectivity index (χ4n) is 4.68. The Morgan fingerprint density at radius 2 is 1.82 bits per heavy atom. The Bertz CT molecular complexity index is 434. The van der Waals surface area contributed by atoms with Crippen LogP contribution in [0.4, 0.5) is 0 Å². The zero-order valence-electron chi connectivity index (χ0n) is 15.2. The van der Waals surface area contributed by atoms with Gasteiger partial charge in [0.2, 0.25) is 0 Å². The summed E-state index contributed by atoms with van der Waals surface area (Å²) in [5.74, 6) is 0. The Kier molecular flexibility index (Phi) is 5.18. The summed E-state index contributed by atoms with van der Waals surface area (Å²) < 4.78 is 0. The Morgan fingerprint density at radius 3 is 2.36 bits per heavy atom. The van der Waals surface area contributed by atoms with Crippen LogP contribution >= 0.6 is 0 Å². The van der Waals surface area contributed by atoms with Crippen LogP contribution in [0.3, 0.4) is 0 Å². The number of unbranched alkanes of at least 4 members (excludes halogenated alkanes) is 1. The molecule has 1 fully saturated rings. The third-order valence-electron chi connectivity index (χ3n) is 5.34. The summed E-state index contributed by atoms with van der Waals surface area (Å²) in [6, 6.07) is 0. The topological polar surface area (TPSA) is 35.8 Å². The average Bonchev–Trinajstić information content (AvgIpc) is 2.78. The van der Waals surface area contributed by atoms with Crippen molar-refractivity contribution in [3.8, 4) is 0 Å². The van der Waals surface area contributed by atoms with Gasteiger partial charge in [-0.15, -0.1) is 0 Å². The van der Waals surface area contributed by atoms with Crippen molar-refractivity contribution in [3.63, 3.8) is 0 Å². The normalized spacial score (nSPS) is 30.5. The lowest BCUT2D eigenvalue weighted by Crippen LogP contribution is -2.66. The molecule has 0 amide bonds. The second-order valence-corrected chi connectivity index (χ2v) is 8.25. The summed E-state index contributed by atoms with van der Waals surface area (Å²) in [6.45, 7) is 11.9. The van der Waals surface area contributed by atoms with Crippen LogP contribution in [0.5, 0.6) is 0 Å². The maximum absolute atomic E-state index is 9.27. The van der Waals surface area contributed by atoms with Crippen molar-refractivity contribution in [1.82, 2.24) is 4.90 Å². The molecule has 0 bridgehead atoms. The van der Waals surface area contributed by atoms with E-state index in [1.807, 2.05) is 6.21 Å². The van der Waals surface area contributed by atoms with Crippen LogP contribution in [0.2, 0.25) is 0 Å². The van der Waals surface area contributed by atoms with E-state index >= 15 is 0 Å². The number of hydrogen-bond acceptors (Lipinski definition) is 3. The standard InChI is InChI=1S/C19H34N2O/c1-6-7-12-19(14-16(9-13-22)15-20-19)21-17(2,3)10-8-11-18(21,4)5/h14-15,22H,6-13H2,1-5H3. The van der Waals surface area contributed by atoms with Gasteiger partial charge in [0.05, 0.1) is 0 Å². The molecule has 126 valence electrons. The van der Waals surface area contributed by atoms with Gasteiger partial charge in [-0.25, -0.2) is 0 Å². The fourth-order valence-corrected chi connectivity index (χ4v) is 4.68. The highest BCUT2D eigenvalue weighted by atomic mass is 16.2. The maximum atomic E-state index is 9.27. The second-order valence-electron chi connectivity index (χ2n) is 8.25. The molecule has 0 aromatic heterocycles. The Balaban J connectivity index is 2.42. The van der Waals surface area contributed by atoms with Crippen LogP contribution in [0.25, 0.3) is 0 Å². The minimum absolute atomic E-state index is 0.151. The Morgan fingerprint density at radius 1 is 1.18 bits per heavy atom. The molecule has 1 unspecified atom stereocenters. The molecule has 0 radical (unpaired) electrons. The first kappa shape index (κ1) is 17.7. The smallest absolute Gasteiger partial charge is 0.133 e. The molecule has 22 heavy (non-hydrogen) atoms. The number of nitrogens with zero attached hydrogens (tertiary/aromatic N) is 2. The Labute approximate surface area is 136 Å². The monoisotopic (exact) mass is 306 g/mol. The summed E-state index contributed by atoms with van der Waals surface area (Å²) in [7, 11) is 0. The number of rotatable bonds is 6. The molecule has 0 aliphatic carbocycles. The highest BCUT2D eigenvalue weighted by molar-refractivity contribution is 5.82. The van der Waals surface area contributed by atoms with E-state index in [0.29, 0.717) is 6.42 Å². The molecule has 2 aliphatic rings. The zero-order valence-corrected chi connectivity index (χ0v) is 15.2. The van der Waals surface area contributed by atoms with Gasteiger partial charge in [-0.1, -0.05) is 13.3 Å². The van der Waals surface area contributed by atoms with Crippen molar-refractivity contribution in [2.75, 3.05) is 6.61 Å². The quantitative estimate of drug-likeness (QED) is 0.793. The largest absolute Gasteiger partial charge is 0.396 e. The van der Waals surface area contributed by atoms with Crippen LogP contribution in [0.15, 0.2) is 16.6 Å². The van der Waals surface area contributed by atoms with Gasteiger partial charge in [-0.2, -0.15) is 0 Å². The molecular weight excluding hydrogens is 272 g/mol. The minimum atomic E-state index is -0.214. The van der Waals surface area contributed by atoms with E-state index in [4.69, 9.17) is 4.99 Å². The molecule has 3 nitrogen and oxygen atoms in total. The molecule has 0 aromatic carbocycles. The number of piperidine rings is 1. The molecule has 0 aromatic rings. The third-order valence-corrected chi connectivity index (χ3v) is 5.34. The summed E-state index contributed by atoms with van der Waals surface area (Å²) >= 11 is 0.